The van der Waals surface area contributed by atoms with Crippen LogP contribution in [0, 0.1) is 6.92 Å². The van der Waals surface area contributed by atoms with Crippen molar-refractivity contribution in [2.45, 2.75) is 19.4 Å². The van der Waals surface area contributed by atoms with Crippen LogP contribution in [0.5, 0.6) is 0 Å². The SMILES string of the molecule is Cc1ccccc1[C@H](C(=O)NCCc1nc2ccccc2c(=O)[nH]1)N(C)C. The van der Waals surface area contributed by atoms with Crippen LogP contribution >= 0.6 is 0 Å². The molecular formula is C21H24N4O2. The molecule has 1 aromatic heterocycles. The van der Waals surface area contributed by atoms with E-state index in [0.717, 1.165) is 11.1 Å². The Hall–Kier alpha value is -2.99. The average Bonchev–Trinajstić information content (AvgIpc) is 2.63. The molecule has 0 aliphatic rings. The fourth-order valence-electron chi connectivity index (χ4n) is 3.20. The molecule has 1 heterocycles. The minimum atomic E-state index is -0.366. The van der Waals surface area contributed by atoms with Crippen molar-refractivity contribution in [3.63, 3.8) is 0 Å². The van der Waals surface area contributed by atoms with E-state index in [1.165, 1.54) is 0 Å². The van der Waals surface area contributed by atoms with Crippen molar-refractivity contribution in [1.82, 2.24) is 20.2 Å². The number of likely N-dealkylation sites (N-methyl/N-ethyl adjacent to an activating group) is 1. The van der Waals surface area contributed by atoms with E-state index in [-0.39, 0.29) is 17.5 Å². The number of carbonyl (C=O) groups is 1. The lowest BCUT2D eigenvalue weighted by Crippen LogP contribution is -2.38. The fraction of sp³-hybridized carbons (Fsp3) is 0.286. The van der Waals surface area contributed by atoms with Gasteiger partial charge in [0.1, 0.15) is 11.9 Å². The van der Waals surface area contributed by atoms with Crippen molar-refractivity contribution in [2.24, 2.45) is 0 Å². The first-order chi connectivity index (χ1) is 13.0. The van der Waals surface area contributed by atoms with E-state index < -0.39 is 0 Å². The summed E-state index contributed by atoms with van der Waals surface area (Å²) in [6.07, 6.45) is 0.458. The van der Waals surface area contributed by atoms with Crippen LogP contribution in [0.3, 0.4) is 0 Å². The van der Waals surface area contributed by atoms with Gasteiger partial charge in [0, 0.05) is 13.0 Å². The maximum absolute atomic E-state index is 12.8. The van der Waals surface area contributed by atoms with Gasteiger partial charge >= 0.3 is 0 Å². The molecule has 140 valence electrons. The van der Waals surface area contributed by atoms with Crippen molar-refractivity contribution >= 4 is 16.8 Å². The number of carbonyl (C=O) groups excluding carboxylic acids is 1. The van der Waals surface area contributed by atoms with Crippen molar-refractivity contribution in [1.29, 1.82) is 0 Å². The number of hydrogen-bond donors (Lipinski definition) is 2. The highest BCUT2D eigenvalue weighted by atomic mass is 16.2. The second kappa shape index (κ2) is 8.14. The van der Waals surface area contributed by atoms with E-state index >= 15 is 0 Å². The van der Waals surface area contributed by atoms with Gasteiger partial charge in [0.15, 0.2) is 0 Å². The lowest BCUT2D eigenvalue weighted by molar-refractivity contribution is -0.125. The summed E-state index contributed by atoms with van der Waals surface area (Å²) >= 11 is 0. The van der Waals surface area contributed by atoms with Gasteiger partial charge in [-0.25, -0.2) is 4.98 Å². The monoisotopic (exact) mass is 364 g/mol. The van der Waals surface area contributed by atoms with Gasteiger partial charge in [0.2, 0.25) is 5.91 Å². The standard InChI is InChI=1S/C21H24N4O2/c1-14-8-4-5-9-15(14)19(25(2)3)21(27)22-13-12-18-23-17-11-7-6-10-16(17)20(26)24-18/h4-11,19H,12-13H2,1-3H3,(H,22,27)(H,23,24,26)/t19-/m1/s1. The number of para-hydroxylation sites is 1. The van der Waals surface area contributed by atoms with Crippen LogP contribution in [0.15, 0.2) is 53.3 Å². The summed E-state index contributed by atoms with van der Waals surface area (Å²) in [5.41, 5.74) is 2.56. The quantitative estimate of drug-likeness (QED) is 0.703. The zero-order valence-electron chi connectivity index (χ0n) is 15.8. The molecule has 2 N–H and O–H groups in total. The Morgan fingerprint density at radius 2 is 1.85 bits per heavy atom. The molecule has 27 heavy (non-hydrogen) atoms. The van der Waals surface area contributed by atoms with Gasteiger partial charge < -0.3 is 10.3 Å². The summed E-state index contributed by atoms with van der Waals surface area (Å²) in [6, 6.07) is 14.7. The highest BCUT2D eigenvalue weighted by Crippen LogP contribution is 2.21. The van der Waals surface area contributed by atoms with Gasteiger partial charge in [-0.15, -0.1) is 0 Å². The van der Waals surface area contributed by atoms with Crippen LogP contribution in [-0.4, -0.2) is 41.4 Å². The third-order valence-corrected chi connectivity index (χ3v) is 4.57. The zero-order valence-corrected chi connectivity index (χ0v) is 15.8. The molecule has 0 bridgehead atoms. The maximum Gasteiger partial charge on any atom is 0.258 e. The topological polar surface area (TPSA) is 78.1 Å². The van der Waals surface area contributed by atoms with E-state index in [0.29, 0.717) is 29.7 Å². The van der Waals surface area contributed by atoms with Crippen molar-refractivity contribution in [3.8, 4) is 0 Å². The number of H-pyrrole nitrogens is 1. The summed E-state index contributed by atoms with van der Waals surface area (Å²) < 4.78 is 0. The molecule has 6 nitrogen and oxygen atoms in total. The highest BCUT2D eigenvalue weighted by molar-refractivity contribution is 5.83. The van der Waals surface area contributed by atoms with E-state index in [9.17, 15) is 9.59 Å². The number of hydrogen-bond acceptors (Lipinski definition) is 4. The fourth-order valence-corrected chi connectivity index (χ4v) is 3.20. The van der Waals surface area contributed by atoms with Gasteiger partial charge in [-0.3, -0.25) is 14.5 Å². The van der Waals surface area contributed by atoms with E-state index in [4.69, 9.17) is 0 Å². The number of aryl methyl sites for hydroxylation is 1. The van der Waals surface area contributed by atoms with Gasteiger partial charge in [-0.1, -0.05) is 36.4 Å². The first-order valence-corrected chi connectivity index (χ1v) is 8.95. The Morgan fingerprint density at radius 3 is 2.59 bits per heavy atom. The summed E-state index contributed by atoms with van der Waals surface area (Å²) in [4.78, 5) is 34.0. The minimum Gasteiger partial charge on any atom is -0.354 e. The Balaban J connectivity index is 1.70. The predicted molar refractivity (Wildman–Crippen MR) is 107 cm³/mol. The molecule has 0 fully saturated rings. The molecule has 0 saturated carbocycles. The zero-order chi connectivity index (χ0) is 19.4. The van der Waals surface area contributed by atoms with Gasteiger partial charge in [-0.2, -0.15) is 0 Å². The Kier molecular flexibility index (Phi) is 5.66. The molecule has 3 aromatic rings. The number of aromatic amines is 1. The smallest absolute Gasteiger partial charge is 0.258 e. The van der Waals surface area contributed by atoms with Gasteiger partial charge in [0.05, 0.1) is 10.9 Å². The highest BCUT2D eigenvalue weighted by Gasteiger charge is 2.23. The summed E-state index contributed by atoms with van der Waals surface area (Å²) in [5, 5.41) is 3.53. The van der Waals surface area contributed by atoms with Crippen LogP contribution in [0.2, 0.25) is 0 Å². The van der Waals surface area contributed by atoms with Crippen LogP contribution in [-0.2, 0) is 11.2 Å². The lowest BCUT2D eigenvalue weighted by Gasteiger charge is -2.25. The molecule has 0 aliphatic carbocycles. The number of fused-ring (bicyclic) bond motifs is 1. The van der Waals surface area contributed by atoms with E-state index in [1.54, 1.807) is 6.07 Å². The first-order valence-electron chi connectivity index (χ1n) is 8.95. The molecule has 1 amide bonds. The van der Waals surface area contributed by atoms with Crippen LogP contribution in [0.4, 0.5) is 0 Å². The number of aromatic nitrogens is 2. The third kappa shape index (κ3) is 4.23. The molecule has 2 aromatic carbocycles. The Morgan fingerprint density at radius 1 is 1.15 bits per heavy atom. The molecule has 0 unspecified atom stereocenters. The Labute approximate surface area is 158 Å². The predicted octanol–water partition coefficient (Wildman–Crippen LogP) is 2.19. The number of nitrogens with zero attached hydrogens (tertiary/aromatic N) is 2. The maximum atomic E-state index is 12.8. The van der Waals surface area contributed by atoms with Crippen molar-refractivity contribution in [3.05, 3.63) is 75.8 Å². The second-order valence-corrected chi connectivity index (χ2v) is 6.79. The molecule has 0 radical (unpaired) electrons. The first kappa shape index (κ1) is 18.8. The number of nitrogens with one attached hydrogen (secondary N) is 2. The Bertz CT molecular complexity index is 1010. The molecule has 1 atom stereocenters. The van der Waals surface area contributed by atoms with Crippen molar-refractivity contribution in [2.75, 3.05) is 20.6 Å². The normalized spacial score (nSPS) is 12.3. The second-order valence-electron chi connectivity index (χ2n) is 6.79. The molecule has 0 spiro atoms. The number of benzene rings is 2. The van der Waals surface area contributed by atoms with Gasteiger partial charge in [-0.05, 0) is 44.3 Å². The number of rotatable bonds is 6. The van der Waals surface area contributed by atoms with Crippen LogP contribution in [0.1, 0.15) is 23.0 Å². The summed E-state index contributed by atoms with van der Waals surface area (Å²) in [7, 11) is 3.78. The lowest BCUT2D eigenvalue weighted by atomic mass is 10.00. The van der Waals surface area contributed by atoms with Crippen molar-refractivity contribution < 1.29 is 4.79 Å². The third-order valence-electron chi connectivity index (χ3n) is 4.57. The number of amides is 1. The van der Waals surface area contributed by atoms with Crippen LogP contribution < -0.4 is 10.9 Å². The van der Waals surface area contributed by atoms with Crippen LogP contribution in [0.25, 0.3) is 10.9 Å². The average molecular weight is 364 g/mol. The summed E-state index contributed by atoms with van der Waals surface area (Å²) in [6.45, 7) is 2.40. The largest absolute Gasteiger partial charge is 0.354 e. The molecule has 0 aliphatic heterocycles. The van der Waals surface area contributed by atoms with E-state index in [1.807, 2.05) is 68.4 Å². The van der Waals surface area contributed by atoms with E-state index in [2.05, 4.69) is 15.3 Å². The molecule has 6 heteroatoms. The molecular weight excluding hydrogens is 340 g/mol. The molecule has 0 saturated heterocycles. The minimum absolute atomic E-state index is 0.0718. The summed E-state index contributed by atoms with van der Waals surface area (Å²) in [5.74, 6) is 0.494. The molecule has 3 rings (SSSR count). The van der Waals surface area contributed by atoms with Gasteiger partial charge in [0.25, 0.3) is 5.56 Å².